The van der Waals surface area contributed by atoms with Gasteiger partial charge in [-0.3, -0.25) is 4.79 Å². The zero-order valence-electron chi connectivity index (χ0n) is 13.8. The van der Waals surface area contributed by atoms with Gasteiger partial charge in [0.1, 0.15) is 0 Å². The van der Waals surface area contributed by atoms with E-state index in [-0.39, 0.29) is 35.5 Å². The van der Waals surface area contributed by atoms with Gasteiger partial charge in [0.25, 0.3) is 5.91 Å². The van der Waals surface area contributed by atoms with Crippen LogP contribution >= 0.6 is 0 Å². The predicted molar refractivity (Wildman–Crippen MR) is 91.3 cm³/mol. The van der Waals surface area contributed by atoms with Crippen molar-refractivity contribution in [1.82, 2.24) is 9.62 Å². The Kier molecular flexibility index (Phi) is 5.21. The van der Waals surface area contributed by atoms with Gasteiger partial charge >= 0.3 is 0 Å². The van der Waals surface area contributed by atoms with E-state index in [4.69, 9.17) is 4.42 Å². The van der Waals surface area contributed by atoms with Crippen LogP contribution in [0.25, 0.3) is 0 Å². The number of amides is 1. The van der Waals surface area contributed by atoms with Crippen LogP contribution in [0, 0.1) is 5.92 Å². The Hall–Kier alpha value is -1.39. The number of furan rings is 1. The summed E-state index contributed by atoms with van der Waals surface area (Å²) in [7, 11) is -6.80. The fourth-order valence-electron chi connectivity index (χ4n) is 3.31. The van der Waals surface area contributed by atoms with Crippen molar-refractivity contribution in [3.63, 3.8) is 0 Å². The lowest BCUT2D eigenvalue weighted by atomic mass is 9.98. The van der Waals surface area contributed by atoms with Crippen molar-refractivity contribution in [2.24, 2.45) is 5.92 Å². The highest BCUT2D eigenvalue weighted by atomic mass is 32.2. The standard InChI is InChI=1S/C15H22N2O6S2/c18-15(14-2-1-8-23-14)16-10-12-3-6-17(7-4-12)25(21,22)13-5-9-24(19,20)11-13/h1-2,8,12-13H,3-7,9-11H2,(H,16,18). The highest BCUT2D eigenvalue weighted by Crippen LogP contribution is 2.26. The zero-order valence-corrected chi connectivity index (χ0v) is 15.4. The van der Waals surface area contributed by atoms with Crippen LogP contribution in [0.3, 0.4) is 0 Å². The second kappa shape index (κ2) is 7.08. The third-order valence-corrected chi connectivity index (χ3v) is 9.15. The van der Waals surface area contributed by atoms with Gasteiger partial charge in [-0.1, -0.05) is 0 Å². The van der Waals surface area contributed by atoms with Crippen LogP contribution in [0.1, 0.15) is 29.8 Å². The number of hydrogen-bond acceptors (Lipinski definition) is 6. The molecule has 10 heteroatoms. The Morgan fingerprint density at radius 2 is 2.00 bits per heavy atom. The van der Waals surface area contributed by atoms with Gasteiger partial charge in [-0.25, -0.2) is 21.1 Å². The topological polar surface area (TPSA) is 114 Å². The average Bonchev–Trinajstić information content (AvgIpc) is 3.22. The molecule has 1 aromatic rings. The van der Waals surface area contributed by atoms with E-state index in [1.807, 2.05) is 0 Å². The molecule has 1 N–H and O–H groups in total. The molecule has 2 fully saturated rings. The third-order valence-electron chi connectivity index (χ3n) is 4.84. The fourth-order valence-corrected chi connectivity index (χ4v) is 7.87. The summed E-state index contributed by atoms with van der Waals surface area (Å²) in [6, 6.07) is 3.22. The molecule has 0 saturated carbocycles. The second-order valence-electron chi connectivity index (χ2n) is 6.60. The van der Waals surface area contributed by atoms with E-state index in [0.29, 0.717) is 32.5 Å². The monoisotopic (exact) mass is 390 g/mol. The summed E-state index contributed by atoms with van der Waals surface area (Å²) in [5.74, 6) is -0.156. The molecular formula is C15H22N2O6S2. The van der Waals surface area contributed by atoms with E-state index in [1.165, 1.54) is 10.6 Å². The number of hydrogen-bond donors (Lipinski definition) is 1. The number of rotatable bonds is 5. The molecule has 0 aromatic carbocycles. The van der Waals surface area contributed by atoms with Crippen molar-refractivity contribution in [1.29, 1.82) is 0 Å². The Balaban J connectivity index is 1.49. The van der Waals surface area contributed by atoms with Crippen LogP contribution in [0.4, 0.5) is 0 Å². The number of nitrogens with zero attached hydrogens (tertiary/aromatic N) is 1. The third kappa shape index (κ3) is 4.24. The maximum absolute atomic E-state index is 12.6. The Labute approximate surface area is 147 Å². The van der Waals surface area contributed by atoms with Gasteiger partial charge in [0.2, 0.25) is 10.0 Å². The summed E-state index contributed by atoms with van der Waals surface area (Å²) in [6.45, 7) is 1.19. The lowest BCUT2D eigenvalue weighted by Gasteiger charge is -2.32. The molecule has 0 radical (unpaired) electrons. The van der Waals surface area contributed by atoms with Crippen molar-refractivity contribution >= 4 is 25.8 Å². The molecule has 140 valence electrons. The minimum absolute atomic E-state index is 0.0494. The van der Waals surface area contributed by atoms with Gasteiger partial charge in [0.15, 0.2) is 15.6 Å². The number of piperidine rings is 1. The van der Waals surface area contributed by atoms with Crippen LogP contribution in [0.2, 0.25) is 0 Å². The molecule has 3 rings (SSSR count). The molecule has 3 heterocycles. The number of carbonyl (C=O) groups excluding carboxylic acids is 1. The van der Waals surface area contributed by atoms with Crippen molar-refractivity contribution in [2.45, 2.75) is 24.5 Å². The highest BCUT2D eigenvalue weighted by Gasteiger charge is 2.41. The van der Waals surface area contributed by atoms with Crippen molar-refractivity contribution in [2.75, 3.05) is 31.1 Å². The van der Waals surface area contributed by atoms with E-state index in [2.05, 4.69) is 5.32 Å². The maximum atomic E-state index is 12.6. The van der Waals surface area contributed by atoms with Crippen LogP contribution in [0.15, 0.2) is 22.8 Å². The molecule has 1 amide bonds. The first-order valence-corrected chi connectivity index (χ1v) is 11.6. The van der Waals surface area contributed by atoms with Gasteiger partial charge in [-0.15, -0.1) is 0 Å². The molecule has 0 aliphatic carbocycles. The number of sulfone groups is 1. The van der Waals surface area contributed by atoms with Crippen molar-refractivity contribution in [3.05, 3.63) is 24.2 Å². The molecular weight excluding hydrogens is 368 g/mol. The molecule has 1 atom stereocenters. The molecule has 2 aliphatic heterocycles. The van der Waals surface area contributed by atoms with E-state index >= 15 is 0 Å². The van der Waals surface area contributed by atoms with Gasteiger partial charge in [0.05, 0.1) is 23.0 Å². The minimum Gasteiger partial charge on any atom is -0.459 e. The normalized spacial score (nSPS) is 25.0. The smallest absolute Gasteiger partial charge is 0.286 e. The van der Waals surface area contributed by atoms with Crippen LogP contribution in [-0.4, -0.2) is 63.4 Å². The first-order chi connectivity index (χ1) is 11.8. The zero-order chi connectivity index (χ0) is 18.1. The molecule has 25 heavy (non-hydrogen) atoms. The van der Waals surface area contributed by atoms with E-state index < -0.39 is 25.1 Å². The summed E-state index contributed by atoms with van der Waals surface area (Å²) < 4.78 is 54.7. The fraction of sp³-hybridized carbons (Fsp3) is 0.667. The second-order valence-corrected chi connectivity index (χ2v) is 11.0. The Morgan fingerprint density at radius 3 is 2.56 bits per heavy atom. The summed E-state index contributed by atoms with van der Waals surface area (Å²) in [6.07, 6.45) is 2.89. The summed E-state index contributed by atoms with van der Waals surface area (Å²) in [5, 5.41) is 1.98. The number of carbonyl (C=O) groups is 1. The quantitative estimate of drug-likeness (QED) is 0.770. The summed E-state index contributed by atoms with van der Waals surface area (Å²) >= 11 is 0. The lowest BCUT2D eigenvalue weighted by Crippen LogP contribution is -2.45. The lowest BCUT2D eigenvalue weighted by molar-refractivity contribution is 0.0913. The van der Waals surface area contributed by atoms with Gasteiger partial charge in [-0.05, 0) is 37.3 Å². The van der Waals surface area contributed by atoms with E-state index in [0.717, 1.165) is 0 Å². The average molecular weight is 390 g/mol. The van der Waals surface area contributed by atoms with Crippen LogP contribution < -0.4 is 5.32 Å². The number of sulfonamides is 1. The number of nitrogens with one attached hydrogen (secondary N) is 1. The summed E-state index contributed by atoms with van der Waals surface area (Å²) in [5.41, 5.74) is 0. The predicted octanol–water partition coefficient (Wildman–Crippen LogP) is 0.238. The van der Waals surface area contributed by atoms with Crippen molar-refractivity contribution in [3.8, 4) is 0 Å². The summed E-state index contributed by atoms with van der Waals surface area (Å²) in [4.78, 5) is 11.8. The molecule has 0 spiro atoms. The largest absolute Gasteiger partial charge is 0.459 e. The molecule has 2 aliphatic rings. The molecule has 8 nitrogen and oxygen atoms in total. The molecule has 1 aromatic heterocycles. The molecule has 1 unspecified atom stereocenters. The van der Waals surface area contributed by atoms with Gasteiger partial charge in [-0.2, -0.15) is 0 Å². The molecule has 0 bridgehead atoms. The SMILES string of the molecule is O=C(NCC1CCN(S(=O)(=O)C2CCS(=O)(=O)C2)CC1)c1ccco1. The molecule has 2 saturated heterocycles. The first-order valence-electron chi connectivity index (χ1n) is 8.29. The van der Waals surface area contributed by atoms with E-state index in [1.54, 1.807) is 12.1 Å². The van der Waals surface area contributed by atoms with Crippen LogP contribution in [0.5, 0.6) is 0 Å². The van der Waals surface area contributed by atoms with Gasteiger partial charge < -0.3 is 9.73 Å². The maximum Gasteiger partial charge on any atom is 0.286 e. The Bertz CT molecular complexity index is 808. The van der Waals surface area contributed by atoms with Gasteiger partial charge in [0, 0.05) is 19.6 Å². The van der Waals surface area contributed by atoms with Crippen molar-refractivity contribution < 1.29 is 26.0 Å². The van der Waals surface area contributed by atoms with Crippen LogP contribution in [-0.2, 0) is 19.9 Å². The Morgan fingerprint density at radius 1 is 1.28 bits per heavy atom. The minimum atomic E-state index is -3.57. The highest BCUT2D eigenvalue weighted by molar-refractivity contribution is 7.95. The first kappa shape index (κ1) is 18.4. The van der Waals surface area contributed by atoms with E-state index in [9.17, 15) is 21.6 Å².